The van der Waals surface area contributed by atoms with E-state index in [-0.39, 0.29) is 80.4 Å². The maximum atomic E-state index is 9.12. The van der Waals surface area contributed by atoms with E-state index >= 15 is 0 Å². The van der Waals surface area contributed by atoms with Crippen molar-refractivity contribution in [2.24, 2.45) is 0 Å². The van der Waals surface area contributed by atoms with Crippen LogP contribution < -0.4 is 38.5 Å². The summed E-state index contributed by atoms with van der Waals surface area (Å²) in [5, 5.41) is 18.2. The van der Waals surface area contributed by atoms with E-state index < -0.39 is 0 Å². The second-order valence-corrected chi connectivity index (χ2v) is 25.8. The van der Waals surface area contributed by atoms with E-state index in [4.69, 9.17) is 29.5 Å². The van der Waals surface area contributed by atoms with Gasteiger partial charge in [0.2, 0.25) is 0 Å². The zero-order chi connectivity index (χ0) is 78.8. The molecule has 4 radical (unpaired) electrons. The van der Waals surface area contributed by atoms with E-state index in [9.17, 15) is 0 Å². The number of nitriles is 2. The molecule has 0 saturated heterocycles. The number of aryl methyl sites for hydroxylation is 2. The summed E-state index contributed by atoms with van der Waals surface area (Å²) >= 11 is 0. The number of rotatable bonds is 20. The summed E-state index contributed by atoms with van der Waals surface area (Å²) in [5.74, 6) is 3.23. The van der Waals surface area contributed by atoms with E-state index in [0.717, 1.165) is 136 Å². The van der Waals surface area contributed by atoms with Crippen molar-refractivity contribution in [3.05, 3.63) is 411 Å². The fraction of sp³-hybridized carbons (Fsp3) is 0.0600. The Kier molecular flexibility index (Phi) is 33.9. The molecule has 12 aromatic carbocycles. The van der Waals surface area contributed by atoms with Gasteiger partial charge < -0.3 is 58.5 Å². The van der Waals surface area contributed by atoms with E-state index in [1.807, 2.05) is 237 Å². The third kappa shape index (κ3) is 23.3. The van der Waals surface area contributed by atoms with Crippen molar-refractivity contribution in [1.82, 2.24) is 19.9 Å². The molecule has 0 fully saturated rings. The zero-order valence-corrected chi connectivity index (χ0v) is 74.7. The zero-order valence-electron chi connectivity index (χ0n) is 65.1. The number of ether oxygens (including phenoxy) is 4. The molecule has 0 unspecified atom stereocenters. The number of hydrogen-bond donors (Lipinski definition) is 0. The fourth-order valence-corrected chi connectivity index (χ4v) is 12.7. The largest absolute Gasteiger partial charge is 0.497 e. The van der Waals surface area contributed by atoms with Gasteiger partial charge in [0.15, 0.2) is 0 Å². The van der Waals surface area contributed by atoms with Gasteiger partial charge in [-0.1, -0.05) is 84.9 Å². The molecule has 0 spiro atoms. The van der Waals surface area contributed by atoms with Crippen LogP contribution in [0.25, 0.3) is 45.0 Å². The number of nitrogens with zero attached hydrogens (tertiary/aromatic N) is 10. The molecule has 0 saturated carbocycles. The van der Waals surface area contributed by atoms with Crippen LogP contribution in [0.2, 0.25) is 0 Å². The molecular formula is C100H78Ir4N10O4-4. The van der Waals surface area contributed by atoms with Crippen molar-refractivity contribution in [2.45, 2.75) is 13.8 Å². The Bertz CT molecular complexity index is 5700. The third-order valence-corrected chi connectivity index (χ3v) is 18.2. The topological polar surface area (TPSA) is 149 Å². The van der Waals surface area contributed by atoms with Gasteiger partial charge in [0.25, 0.3) is 0 Å². The van der Waals surface area contributed by atoms with E-state index in [0.29, 0.717) is 11.1 Å². The molecule has 0 aliphatic carbocycles. The number of pyridine rings is 4. The average Bonchev–Trinajstić information content (AvgIpc) is 0.809. The van der Waals surface area contributed by atoms with Crippen LogP contribution in [0.4, 0.5) is 68.2 Å². The predicted molar refractivity (Wildman–Crippen MR) is 458 cm³/mol. The normalized spacial score (nSPS) is 10.0. The Hall–Kier alpha value is -12.8. The molecule has 0 atom stereocenters. The number of aromatic nitrogens is 4. The molecule has 0 bridgehead atoms. The molecule has 592 valence electrons. The van der Waals surface area contributed by atoms with E-state index in [1.54, 1.807) is 71.3 Å². The quantitative estimate of drug-likeness (QED) is 0.0666. The molecule has 0 N–H and O–H groups in total. The van der Waals surface area contributed by atoms with Gasteiger partial charge in [-0.15, -0.1) is 119 Å². The van der Waals surface area contributed by atoms with Crippen molar-refractivity contribution >= 4 is 68.2 Å². The van der Waals surface area contributed by atoms with Gasteiger partial charge in [-0.05, 0) is 240 Å². The molecule has 16 aromatic rings. The second kappa shape index (κ2) is 44.9. The van der Waals surface area contributed by atoms with Crippen LogP contribution in [0, 0.1) is 60.8 Å². The fourth-order valence-electron chi connectivity index (χ4n) is 12.7. The van der Waals surface area contributed by atoms with Crippen LogP contribution >= 0.6 is 0 Å². The first-order chi connectivity index (χ1) is 56.0. The minimum absolute atomic E-state index is 0. The van der Waals surface area contributed by atoms with Gasteiger partial charge in [0, 0.05) is 163 Å². The Morgan fingerprint density at radius 2 is 0.492 bits per heavy atom. The number of methoxy groups -OCH3 is 4. The Balaban J connectivity index is 0.000000177. The summed E-state index contributed by atoms with van der Waals surface area (Å²) in [4.78, 5) is 26.5. The van der Waals surface area contributed by atoms with Crippen LogP contribution in [0.1, 0.15) is 22.3 Å². The van der Waals surface area contributed by atoms with Gasteiger partial charge in [-0.2, -0.15) is 10.5 Å². The van der Waals surface area contributed by atoms with Gasteiger partial charge in [0.05, 0.1) is 51.7 Å². The number of benzene rings is 12. The minimum Gasteiger partial charge on any atom is -0.497 e. The average molecular weight is 2250 g/mol. The molecule has 0 aliphatic heterocycles. The first-order valence-electron chi connectivity index (χ1n) is 36.7. The monoisotopic (exact) mass is 2250 g/mol. The third-order valence-electron chi connectivity index (χ3n) is 18.2. The summed E-state index contributed by atoms with van der Waals surface area (Å²) in [6.07, 6.45) is 7.15. The van der Waals surface area contributed by atoms with Gasteiger partial charge in [0.1, 0.15) is 23.0 Å². The van der Waals surface area contributed by atoms with Crippen molar-refractivity contribution in [2.75, 3.05) is 48.0 Å². The van der Waals surface area contributed by atoms with Crippen LogP contribution in [0.5, 0.6) is 23.0 Å². The molecule has 118 heavy (non-hydrogen) atoms. The first kappa shape index (κ1) is 89.2. The standard InChI is InChI=1S/C25H15N4.2C25H21N2O2.C25H21N2.4Ir/c26-17-19-7-11-22(12-8-19)29(23-13-9-20(18-27)10-14-23)24-5-3-4-21(16-24)25-6-1-2-15-28-25;1-28-23-12-6-10-21(17-23)27(22-11-7-13-24(18-22)29-2)20-9-5-8-19(16-20)25-14-3-4-15-26-25;1-28-23-13-9-20(10-14-23)27(21-11-15-24(29-2)16-12-21)22-7-5-6-19(18-22)25-8-3-4-17-26-25;1-19-8-5-11-22(16-19)27(23-12-6-9-20(2)17-23)24-13-7-10-21(18-24)25-14-3-4-15-26-25;;;;/h1-3,5-16H;3-7,9-18H,1-2H3;3-5,7-18H,1-2H3;3-9,11-18H,1-2H3;;;;/q4*-1;;;;. The van der Waals surface area contributed by atoms with Crippen molar-refractivity contribution < 1.29 is 99.4 Å². The minimum atomic E-state index is 0. The van der Waals surface area contributed by atoms with Crippen molar-refractivity contribution in [1.29, 1.82) is 10.5 Å². The summed E-state index contributed by atoms with van der Waals surface area (Å²) in [7, 11) is 6.68. The molecule has 4 heterocycles. The Morgan fingerprint density at radius 1 is 0.246 bits per heavy atom. The molecular weight excluding hydrogens is 2170 g/mol. The van der Waals surface area contributed by atoms with Crippen LogP contribution in [-0.4, -0.2) is 48.4 Å². The summed E-state index contributed by atoms with van der Waals surface area (Å²) in [5.41, 5.74) is 23.1. The van der Waals surface area contributed by atoms with Gasteiger partial charge in [-0.3, -0.25) is 0 Å². The maximum absolute atomic E-state index is 9.12. The molecule has 0 amide bonds. The maximum Gasteiger partial charge on any atom is 0.120 e. The molecule has 14 nitrogen and oxygen atoms in total. The molecule has 16 rings (SSSR count). The summed E-state index contributed by atoms with van der Waals surface area (Å²) in [6, 6.07) is 129. The van der Waals surface area contributed by atoms with E-state index in [1.165, 1.54) is 11.1 Å². The van der Waals surface area contributed by atoms with Crippen LogP contribution in [0.15, 0.2) is 365 Å². The smallest absolute Gasteiger partial charge is 0.120 e. The van der Waals surface area contributed by atoms with Crippen molar-refractivity contribution in [3.63, 3.8) is 0 Å². The SMILES string of the molecule is COc1ccc(N(c2ccc(OC)cc2)c2cc[c-]c(-c3ccccn3)c2)cc1.COc1cccc(N(c2cc[c-]c(-c3ccccn3)c2)c2cccc(OC)c2)c1.Cc1cccc(N(c2cc[c-]c(-c3ccccn3)c2)c2cccc(C)c2)c1.N#Cc1ccc(N(c2ccc(C#N)cc2)c2cc[c-]c(-c3ccccn3)c2)cc1.[Ir].[Ir].[Ir].[Ir]. The van der Waals surface area contributed by atoms with Crippen LogP contribution in [0.3, 0.4) is 0 Å². The Labute approximate surface area is 744 Å². The summed E-state index contributed by atoms with van der Waals surface area (Å²) in [6.45, 7) is 4.24. The van der Waals surface area contributed by atoms with Gasteiger partial charge >= 0.3 is 0 Å². The van der Waals surface area contributed by atoms with Crippen LogP contribution in [-0.2, 0) is 80.4 Å². The number of anilines is 12. The molecule has 18 heteroatoms. The van der Waals surface area contributed by atoms with E-state index in [2.05, 4.69) is 175 Å². The second-order valence-electron chi connectivity index (χ2n) is 25.8. The molecule has 4 aromatic heterocycles. The predicted octanol–water partition coefficient (Wildman–Crippen LogP) is 24.5. The summed E-state index contributed by atoms with van der Waals surface area (Å²) < 4.78 is 21.5. The first-order valence-corrected chi connectivity index (χ1v) is 36.7. The molecule has 0 aliphatic rings. The van der Waals surface area contributed by atoms with Crippen molar-refractivity contribution in [3.8, 4) is 80.2 Å². The Morgan fingerprint density at radius 3 is 0.737 bits per heavy atom. The number of hydrogen-bond acceptors (Lipinski definition) is 14. The van der Waals surface area contributed by atoms with Gasteiger partial charge in [-0.25, -0.2) is 0 Å².